The second kappa shape index (κ2) is 4.87. The van der Waals surface area contributed by atoms with Crippen LogP contribution in [0.2, 0.25) is 0 Å². The molecule has 0 aliphatic heterocycles. The van der Waals surface area contributed by atoms with Crippen LogP contribution in [-0.4, -0.2) is 28.3 Å². The van der Waals surface area contributed by atoms with Gasteiger partial charge in [-0.1, -0.05) is 0 Å². The van der Waals surface area contributed by atoms with Crippen molar-refractivity contribution in [3.63, 3.8) is 0 Å². The molecule has 92 valence electrons. The number of rotatable bonds is 4. The number of anilines is 1. The van der Waals surface area contributed by atoms with Gasteiger partial charge in [0.05, 0.1) is 18.4 Å². The Labute approximate surface area is 107 Å². The summed E-state index contributed by atoms with van der Waals surface area (Å²) in [5.41, 5.74) is 0.289. The van der Waals surface area contributed by atoms with E-state index in [1.165, 1.54) is 10.9 Å². The van der Waals surface area contributed by atoms with Crippen molar-refractivity contribution in [1.29, 1.82) is 0 Å². The van der Waals surface area contributed by atoms with Crippen LogP contribution in [0.4, 0.5) is 5.69 Å². The lowest BCUT2D eigenvalue weighted by molar-refractivity contribution is -0.119. The highest BCUT2D eigenvalue weighted by molar-refractivity contribution is 9.10. The maximum absolute atomic E-state index is 11.5. The van der Waals surface area contributed by atoms with Crippen molar-refractivity contribution in [2.24, 2.45) is 7.05 Å². The molecule has 2 rings (SSSR count). The minimum atomic E-state index is -0.238. The molecule has 0 radical (unpaired) electrons. The van der Waals surface area contributed by atoms with Crippen molar-refractivity contribution >= 4 is 27.5 Å². The van der Waals surface area contributed by atoms with E-state index in [1.54, 1.807) is 7.05 Å². The average molecular weight is 301 g/mol. The summed E-state index contributed by atoms with van der Waals surface area (Å²) in [6, 6.07) is 0.342. The van der Waals surface area contributed by atoms with Crippen LogP contribution in [0.5, 0.6) is 0 Å². The van der Waals surface area contributed by atoms with E-state index in [-0.39, 0.29) is 18.0 Å². The molecule has 0 unspecified atom stereocenters. The fraction of sp³-hybridized carbons (Fsp3) is 0.500. The Morgan fingerprint density at radius 1 is 1.65 bits per heavy atom. The second-order valence-electron chi connectivity index (χ2n) is 4.00. The summed E-state index contributed by atoms with van der Waals surface area (Å²) in [7, 11) is 1.57. The lowest BCUT2D eigenvalue weighted by Gasteiger charge is -2.08. The van der Waals surface area contributed by atoms with Gasteiger partial charge >= 0.3 is 0 Å². The van der Waals surface area contributed by atoms with E-state index in [2.05, 4.69) is 31.7 Å². The zero-order valence-electron chi connectivity index (χ0n) is 9.36. The number of aryl methyl sites for hydroxylation is 1. The molecule has 1 aliphatic carbocycles. The van der Waals surface area contributed by atoms with Crippen LogP contribution >= 0.6 is 15.9 Å². The van der Waals surface area contributed by atoms with Crippen LogP contribution in [-0.2, 0) is 11.8 Å². The minimum Gasteiger partial charge on any atom is -0.374 e. The summed E-state index contributed by atoms with van der Waals surface area (Å²) < 4.78 is 1.61. The second-order valence-corrected chi connectivity index (χ2v) is 4.79. The zero-order chi connectivity index (χ0) is 12.4. The first-order valence-corrected chi connectivity index (χ1v) is 6.12. The molecule has 1 amide bonds. The van der Waals surface area contributed by atoms with Gasteiger partial charge in [-0.2, -0.15) is 5.10 Å². The van der Waals surface area contributed by atoms with Crippen LogP contribution in [0.15, 0.2) is 15.5 Å². The fourth-order valence-electron chi connectivity index (χ4n) is 1.32. The molecule has 0 saturated heterocycles. The van der Waals surface area contributed by atoms with Crippen molar-refractivity contribution in [2.45, 2.75) is 18.9 Å². The monoisotopic (exact) mass is 300 g/mol. The SMILES string of the molecule is Cn1ncc(NCC(=O)NC2CC2)c(Br)c1=O. The molecule has 6 nitrogen and oxygen atoms in total. The summed E-state index contributed by atoms with van der Waals surface area (Å²) >= 11 is 3.18. The molecule has 17 heavy (non-hydrogen) atoms. The summed E-state index contributed by atoms with van der Waals surface area (Å²) in [5, 5.41) is 9.60. The van der Waals surface area contributed by atoms with Crippen molar-refractivity contribution in [3.05, 3.63) is 21.0 Å². The first kappa shape index (κ1) is 12.1. The summed E-state index contributed by atoms with van der Waals surface area (Å²) in [6.45, 7) is 0.143. The van der Waals surface area contributed by atoms with Gasteiger partial charge in [0, 0.05) is 13.1 Å². The highest BCUT2D eigenvalue weighted by Crippen LogP contribution is 2.18. The number of hydrogen-bond acceptors (Lipinski definition) is 4. The Morgan fingerprint density at radius 2 is 2.35 bits per heavy atom. The average Bonchev–Trinajstić information content (AvgIpc) is 3.09. The molecule has 0 bridgehead atoms. The van der Waals surface area contributed by atoms with Crippen LogP contribution < -0.4 is 16.2 Å². The predicted molar refractivity (Wildman–Crippen MR) is 66.8 cm³/mol. The maximum atomic E-state index is 11.5. The lowest BCUT2D eigenvalue weighted by atomic mass is 10.4. The zero-order valence-corrected chi connectivity index (χ0v) is 11.0. The Balaban J connectivity index is 1.96. The van der Waals surface area contributed by atoms with Crippen molar-refractivity contribution in [2.75, 3.05) is 11.9 Å². The minimum absolute atomic E-state index is 0.0694. The highest BCUT2D eigenvalue weighted by atomic mass is 79.9. The number of halogens is 1. The number of aromatic nitrogens is 2. The smallest absolute Gasteiger partial charge is 0.282 e. The molecular formula is C10H13BrN4O2. The van der Waals surface area contributed by atoms with Gasteiger partial charge in [0.15, 0.2) is 0 Å². The van der Waals surface area contributed by atoms with Gasteiger partial charge in [0.2, 0.25) is 5.91 Å². The third-order valence-corrected chi connectivity index (χ3v) is 3.23. The third-order valence-electron chi connectivity index (χ3n) is 2.46. The number of nitrogens with zero attached hydrogens (tertiary/aromatic N) is 2. The fourth-order valence-corrected chi connectivity index (χ4v) is 1.82. The topological polar surface area (TPSA) is 76.0 Å². The van der Waals surface area contributed by atoms with Crippen LogP contribution in [0.25, 0.3) is 0 Å². The van der Waals surface area contributed by atoms with Crippen LogP contribution in [0.1, 0.15) is 12.8 Å². The molecular weight excluding hydrogens is 288 g/mol. The van der Waals surface area contributed by atoms with E-state index in [0.29, 0.717) is 16.2 Å². The summed E-state index contributed by atoms with van der Waals surface area (Å²) in [5.74, 6) is -0.0694. The molecule has 1 fully saturated rings. The van der Waals surface area contributed by atoms with E-state index in [9.17, 15) is 9.59 Å². The summed E-state index contributed by atoms with van der Waals surface area (Å²) in [4.78, 5) is 23.0. The molecule has 1 saturated carbocycles. The molecule has 7 heteroatoms. The Bertz CT molecular complexity index is 496. The highest BCUT2D eigenvalue weighted by Gasteiger charge is 2.23. The molecule has 1 aromatic rings. The third kappa shape index (κ3) is 3.06. The van der Waals surface area contributed by atoms with Crippen molar-refractivity contribution in [1.82, 2.24) is 15.1 Å². The van der Waals surface area contributed by atoms with Crippen LogP contribution in [0, 0.1) is 0 Å². The molecule has 0 aromatic carbocycles. The molecule has 0 atom stereocenters. The number of nitrogens with one attached hydrogen (secondary N) is 2. The Hall–Kier alpha value is -1.37. The van der Waals surface area contributed by atoms with Gasteiger partial charge in [-0.05, 0) is 28.8 Å². The maximum Gasteiger partial charge on any atom is 0.282 e. The number of hydrogen-bond donors (Lipinski definition) is 2. The predicted octanol–water partition coefficient (Wildman–Crippen LogP) is 0.233. The molecule has 1 heterocycles. The van der Waals surface area contributed by atoms with E-state index in [1.807, 2.05) is 0 Å². The Morgan fingerprint density at radius 3 is 3.00 bits per heavy atom. The van der Waals surface area contributed by atoms with E-state index in [4.69, 9.17) is 0 Å². The number of amides is 1. The molecule has 1 aromatic heterocycles. The van der Waals surface area contributed by atoms with E-state index >= 15 is 0 Å². The summed E-state index contributed by atoms with van der Waals surface area (Å²) in [6.07, 6.45) is 3.63. The normalized spacial score (nSPS) is 14.5. The largest absolute Gasteiger partial charge is 0.374 e. The van der Waals surface area contributed by atoms with Gasteiger partial charge in [0.25, 0.3) is 5.56 Å². The van der Waals surface area contributed by atoms with Gasteiger partial charge in [-0.25, -0.2) is 4.68 Å². The lowest BCUT2D eigenvalue weighted by Crippen LogP contribution is -2.32. The van der Waals surface area contributed by atoms with Gasteiger partial charge in [0.1, 0.15) is 4.47 Å². The Kier molecular flexibility index (Phi) is 3.46. The van der Waals surface area contributed by atoms with Gasteiger partial charge in [-0.15, -0.1) is 0 Å². The molecule has 0 spiro atoms. The molecule has 1 aliphatic rings. The van der Waals surface area contributed by atoms with Gasteiger partial charge in [-0.3, -0.25) is 9.59 Å². The van der Waals surface area contributed by atoms with E-state index < -0.39 is 0 Å². The first-order chi connectivity index (χ1) is 8.08. The van der Waals surface area contributed by atoms with Crippen molar-refractivity contribution in [3.8, 4) is 0 Å². The number of carbonyl (C=O) groups is 1. The van der Waals surface area contributed by atoms with Gasteiger partial charge < -0.3 is 10.6 Å². The van der Waals surface area contributed by atoms with Crippen LogP contribution in [0.3, 0.4) is 0 Å². The standard InChI is InChI=1S/C10H13BrN4O2/c1-15-10(17)9(11)7(4-13-15)12-5-8(16)14-6-2-3-6/h4,6,12H,2-3,5H2,1H3,(H,14,16). The first-order valence-electron chi connectivity index (χ1n) is 5.33. The van der Waals surface area contributed by atoms with E-state index in [0.717, 1.165) is 12.8 Å². The quantitative estimate of drug-likeness (QED) is 0.835. The van der Waals surface area contributed by atoms with Crippen molar-refractivity contribution < 1.29 is 4.79 Å². The number of carbonyl (C=O) groups excluding carboxylic acids is 1. The molecule has 2 N–H and O–H groups in total.